The third-order valence-corrected chi connectivity index (χ3v) is 2.07. The minimum absolute atomic E-state index is 0.0731. The molecule has 0 unspecified atom stereocenters. The van der Waals surface area contributed by atoms with E-state index in [0.29, 0.717) is 11.3 Å². The van der Waals surface area contributed by atoms with Crippen molar-refractivity contribution in [1.29, 1.82) is 0 Å². The van der Waals surface area contributed by atoms with Crippen LogP contribution in [0, 0.1) is 0 Å². The van der Waals surface area contributed by atoms with Gasteiger partial charge in [0.1, 0.15) is 22.8 Å². The molecule has 5 heteroatoms. The van der Waals surface area contributed by atoms with Gasteiger partial charge < -0.3 is 14.9 Å². The molecule has 0 aliphatic heterocycles. The summed E-state index contributed by atoms with van der Waals surface area (Å²) < 4.78 is 4.96. The van der Waals surface area contributed by atoms with Crippen LogP contribution in [0.5, 0.6) is 11.5 Å². The maximum absolute atomic E-state index is 11.0. The fourth-order valence-electron chi connectivity index (χ4n) is 1.38. The Kier molecular flexibility index (Phi) is 3.50. The van der Waals surface area contributed by atoms with Crippen LogP contribution in [-0.4, -0.2) is 29.1 Å². The number of ether oxygens (including phenoxy) is 1. The van der Waals surface area contributed by atoms with Gasteiger partial charge in [0.05, 0.1) is 7.11 Å². The van der Waals surface area contributed by atoms with E-state index in [0.717, 1.165) is 0 Å². The van der Waals surface area contributed by atoms with Crippen LogP contribution in [0.25, 0.3) is 0 Å². The number of hydrogen-bond acceptors (Lipinski definition) is 4. The molecule has 16 heavy (non-hydrogen) atoms. The summed E-state index contributed by atoms with van der Waals surface area (Å²) >= 11 is 0. The van der Waals surface area contributed by atoms with Crippen molar-refractivity contribution >= 4 is 11.8 Å². The van der Waals surface area contributed by atoms with E-state index < -0.39 is 5.97 Å². The number of carboxylic acids is 1. The molecule has 0 aliphatic rings. The number of rotatable bonds is 4. The lowest BCUT2D eigenvalue weighted by atomic mass is 10.0. The van der Waals surface area contributed by atoms with Crippen LogP contribution >= 0.6 is 0 Å². The van der Waals surface area contributed by atoms with Crippen molar-refractivity contribution in [1.82, 2.24) is 0 Å². The summed E-state index contributed by atoms with van der Waals surface area (Å²) in [5.41, 5.74) is 0.210. The van der Waals surface area contributed by atoms with E-state index >= 15 is 0 Å². The van der Waals surface area contributed by atoms with Crippen LogP contribution in [0.1, 0.15) is 22.8 Å². The molecule has 0 saturated carbocycles. The number of hydrogen-bond donors (Lipinski definition) is 2. The van der Waals surface area contributed by atoms with E-state index in [1.165, 1.54) is 26.2 Å². The average molecular weight is 224 g/mol. The first kappa shape index (κ1) is 12.0. The second-order valence-corrected chi connectivity index (χ2v) is 3.37. The number of Topliss-reactive ketones (excluding diaryl/α,β-unsaturated/α-hetero) is 1. The van der Waals surface area contributed by atoms with Crippen LogP contribution in [0.3, 0.4) is 0 Å². The highest BCUT2D eigenvalue weighted by molar-refractivity contribution is 5.92. The molecule has 86 valence electrons. The Morgan fingerprint density at radius 1 is 1.38 bits per heavy atom. The third-order valence-electron chi connectivity index (χ3n) is 2.07. The smallest absolute Gasteiger partial charge is 0.339 e. The zero-order valence-corrected chi connectivity index (χ0v) is 8.98. The van der Waals surface area contributed by atoms with Gasteiger partial charge in [-0.25, -0.2) is 4.79 Å². The van der Waals surface area contributed by atoms with Gasteiger partial charge in [-0.05, 0) is 13.0 Å². The summed E-state index contributed by atoms with van der Waals surface area (Å²) in [6, 6.07) is 2.44. The lowest BCUT2D eigenvalue weighted by Crippen LogP contribution is -2.04. The molecule has 0 atom stereocenters. The Balaban J connectivity index is 3.28. The molecule has 1 aromatic rings. The molecule has 0 bridgehead atoms. The van der Waals surface area contributed by atoms with E-state index in [1.54, 1.807) is 0 Å². The first-order valence-corrected chi connectivity index (χ1v) is 4.58. The van der Waals surface area contributed by atoms with E-state index in [9.17, 15) is 14.7 Å². The average Bonchev–Trinajstić information content (AvgIpc) is 2.18. The predicted molar refractivity (Wildman–Crippen MR) is 56.0 cm³/mol. The highest BCUT2D eigenvalue weighted by Crippen LogP contribution is 2.28. The minimum Gasteiger partial charge on any atom is -0.507 e. The van der Waals surface area contributed by atoms with E-state index in [2.05, 4.69) is 0 Å². The predicted octanol–water partition coefficient (Wildman–Crippen LogP) is 1.23. The molecule has 0 heterocycles. The number of benzene rings is 1. The lowest BCUT2D eigenvalue weighted by molar-refractivity contribution is -0.116. The first-order chi connectivity index (χ1) is 7.45. The number of carboxylic acid groups (broad SMARTS) is 1. The lowest BCUT2D eigenvalue weighted by Gasteiger charge is -2.09. The fourth-order valence-corrected chi connectivity index (χ4v) is 1.38. The summed E-state index contributed by atoms with van der Waals surface area (Å²) in [7, 11) is 1.39. The highest BCUT2D eigenvalue weighted by atomic mass is 16.5. The maximum atomic E-state index is 11.0. The summed E-state index contributed by atoms with van der Waals surface area (Å²) in [6.07, 6.45) is 0.0731. The quantitative estimate of drug-likeness (QED) is 0.803. The zero-order valence-electron chi connectivity index (χ0n) is 8.98. The molecule has 0 amide bonds. The molecule has 1 rings (SSSR count). The molecular formula is C11H12O5. The molecule has 1 aromatic carbocycles. The fraction of sp³-hybridized carbons (Fsp3) is 0.273. The van der Waals surface area contributed by atoms with Crippen LogP contribution in [-0.2, 0) is 11.2 Å². The summed E-state index contributed by atoms with van der Waals surface area (Å²) in [6.45, 7) is 1.40. The van der Waals surface area contributed by atoms with Gasteiger partial charge in [-0.2, -0.15) is 0 Å². The van der Waals surface area contributed by atoms with Gasteiger partial charge in [-0.3, -0.25) is 4.79 Å². The van der Waals surface area contributed by atoms with Gasteiger partial charge in [0, 0.05) is 18.1 Å². The Morgan fingerprint density at radius 3 is 2.44 bits per heavy atom. The van der Waals surface area contributed by atoms with Gasteiger partial charge >= 0.3 is 5.97 Å². The second-order valence-electron chi connectivity index (χ2n) is 3.37. The van der Waals surface area contributed by atoms with Gasteiger partial charge in [0.15, 0.2) is 0 Å². The van der Waals surface area contributed by atoms with Crippen LogP contribution in [0.15, 0.2) is 12.1 Å². The highest BCUT2D eigenvalue weighted by Gasteiger charge is 2.15. The number of carbonyl (C=O) groups excluding carboxylic acids is 1. The molecule has 0 saturated heterocycles. The SMILES string of the molecule is COc1cc(O)c(C(=O)O)cc1CC(C)=O. The van der Waals surface area contributed by atoms with Gasteiger partial charge in [0.2, 0.25) is 0 Å². The van der Waals surface area contributed by atoms with Crippen LogP contribution in [0.4, 0.5) is 0 Å². The molecule has 5 nitrogen and oxygen atoms in total. The Labute approximate surface area is 92.3 Å². The Bertz CT molecular complexity index is 436. The normalized spacial score (nSPS) is 9.88. The maximum Gasteiger partial charge on any atom is 0.339 e. The van der Waals surface area contributed by atoms with Gasteiger partial charge in [-0.15, -0.1) is 0 Å². The molecule has 0 aliphatic carbocycles. The van der Waals surface area contributed by atoms with Gasteiger partial charge in [0.25, 0.3) is 0 Å². The Hall–Kier alpha value is -2.04. The molecule has 2 N–H and O–H groups in total. The standard InChI is InChI=1S/C11H12O5/c1-6(12)3-7-4-8(11(14)15)9(13)5-10(7)16-2/h4-5,13H,3H2,1-2H3,(H,14,15). The summed E-state index contributed by atoms with van der Waals surface area (Å²) in [5.74, 6) is -1.43. The van der Waals surface area contributed by atoms with Crippen molar-refractivity contribution < 1.29 is 24.5 Å². The van der Waals surface area contributed by atoms with Crippen LogP contribution < -0.4 is 4.74 Å². The Morgan fingerprint density at radius 2 is 2.00 bits per heavy atom. The van der Waals surface area contributed by atoms with Crippen molar-refractivity contribution in [3.05, 3.63) is 23.3 Å². The van der Waals surface area contributed by atoms with Crippen molar-refractivity contribution in [2.45, 2.75) is 13.3 Å². The van der Waals surface area contributed by atoms with Gasteiger partial charge in [-0.1, -0.05) is 0 Å². The molecule has 0 fully saturated rings. The van der Waals surface area contributed by atoms with E-state index in [1.807, 2.05) is 0 Å². The summed E-state index contributed by atoms with van der Waals surface area (Å²) in [5, 5.41) is 18.2. The van der Waals surface area contributed by atoms with Crippen molar-refractivity contribution in [2.75, 3.05) is 7.11 Å². The third kappa shape index (κ3) is 2.50. The molecular weight excluding hydrogens is 212 g/mol. The number of carbonyl (C=O) groups is 2. The molecule has 0 radical (unpaired) electrons. The number of ketones is 1. The topological polar surface area (TPSA) is 83.8 Å². The second kappa shape index (κ2) is 4.65. The van der Waals surface area contributed by atoms with Crippen molar-refractivity contribution in [2.24, 2.45) is 0 Å². The number of methoxy groups -OCH3 is 1. The monoisotopic (exact) mass is 224 g/mol. The van der Waals surface area contributed by atoms with Crippen molar-refractivity contribution in [3.8, 4) is 11.5 Å². The number of aromatic hydroxyl groups is 1. The van der Waals surface area contributed by atoms with E-state index in [-0.39, 0.29) is 23.5 Å². The first-order valence-electron chi connectivity index (χ1n) is 4.58. The molecule has 0 aromatic heterocycles. The van der Waals surface area contributed by atoms with Crippen molar-refractivity contribution in [3.63, 3.8) is 0 Å². The molecule has 0 spiro atoms. The van der Waals surface area contributed by atoms with Crippen LogP contribution in [0.2, 0.25) is 0 Å². The number of phenols is 1. The largest absolute Gasteiger partial charge is 0.507 e. The minimum atomic E-state index is -1.25. The van der Waals surface area contributed by atoms with E-state index in [4.69, 9.17) is 9.84 Å². The number of aromatic carboxylic acids is 1. The zero-order chi connectivity index (χ0) is 12.3. The summed E-state index contributed by atoms with van der Waals surface area (Å²) in [4.78, 5) is 21.8.